The van der Waals surface area contributed by atoms with Crippen LogP contribution in [-0.2, 0) is 19.6 Å². The number of ether oxygens (including phenoxy) is 1. The van der Waals surface area contributed by atoms with Crippen LogP contribution in [0.1, 0.15) is 52.4 Å². The van der Waals surface area contributed by atoms with E-state index in [1.165, 1.54) is 6.42 Å². The maximum Gasteiger partial charge on any atom is 0.215 e. The monoisotopic (exact) mass is 415 g/mol. The maximum atomic E-state index is 13.6. The van der Waals surface area contributed by atoms with Gasteiger partial charge in [0.05, 0.1) is 12.4 Å². The second-order valence-corrected chi connectivity index (χ2v) is 13.0. The molecule has 0 N–H and O–H groups in total. The van der Waals surface area contributed by atoms with E-state index in [0.717, 1.165) is 38.0 Å². The van der Waals surface area contributed by atoms with Crippen LogP contribution in [0.5, 0.6) is 0 Å². The van der Waals surface area contributed by atoms with Gasteiger partial charge in [-0.25, -0.2) is 12.7 Å². The summed E-state index contributed by atoms with van der Waals surface area (Å²) in [5.74, 6) is 1.96. The predicted octanol–water partition coefficient (Wildman–Crippen LogP) is 2.95. The number of ketones is 1. The summed E-state index contributed by atoms with van der Waals surface area (Å²) in [7, 11) is -3.48. The number of thioether (sulfide) groups is 1. The fourth-order valence-electron chi connectivity index (χ4n) is 5.84. The summed E-state index contributed by atoms with van der Waals surface area (Å²) < 4.78 is 34.4. The zero-order valence-electron chi connectivity index (χ0n) is 16.6. The van der Waals surface area contributed by atoms with E-state index in [9.17, 15) is 13.2 Å². The van der Waals surface area contributed by atoms with Gasteiger partial charge in [-0.2, -0.15) is 11.8 Å². The van der Waals surface area contributed by atoms with E-state index in [4.69, 9.17) is 4.74 Å². The highest BCUT2D eigenvalue weighted by atomic mass is 32.2. The van der Waals surface area contributed by atoms with Gasteiger partial charge in [0, 0.05) is 36.8 Å². The molecule has 2 aliphatic carbocycles. The standard InChI is InChI=1S/C20H33NO4S2/c1-19(2)16-5-7-20(19,18(22)10-16)14-27(23,24)21(11-15-6-8-25-13-15)12-17-4-3-9-26-17/h15-17H,3-14H2,1-2H3. The van der Waals surface area contributed by atoms with Gasteiger partial charge in [0.15, 0.2) is 0 Å². The molecule has 0 aromatic carbocycles. The zero-order valence-corrected chi connectivity index (χ0v) is 18.2. The molecule has 4 fully saturated rings. The van der Waals surface area contributed by atoms with Crippen LogP contribution < -0.4 is 0 Å². The topological polar surface area (TPSA) is 63.7 Å². The average molecular weight is 416 g/mol. The minimum atomic E-state index is -3.48. The van der Waals surface area contributed by atoms with Crippen LogP contribution in [0.15, 0.2) is 0 Å². The second-order valence-electron chi connectivity index (χ2n) is 9.60. The van der Waals surface area contributed by atoms with Crippen LogP contribution >= 0.6 is 11.8 Å². The summed E-state index contributed by atoms with van der Waals surface area (Å²) in [6.45, 7) is 6.76. The number of fused-ring (bicyclic) bond motifs is 2. The number of carbonyl (C=O) groups excluding carboxylic acids is 1. The lowest BCUT2D eigenvalue weighted by Crippen LogP contribution is -2.48. The van der Waals surface area contributed by atoms with Crippen molar-refractivity contribution in [1.29, 1.82) is 0 Å². The molecule has 7 heteroatoms. The van der Waals surface area contributed by atoms with E-state index in [-0.39, 0.29) is 22.9 Å². The van der Waals surface area contributed by atoms with Crippen molar-refractivity contribution in [2.75, 3.05) is 37.8 Å². The third kappa shape index (κ3) is 3.51. The van der Waals surface area contributed by atoms with Gasteiger partial charge in [0.25, 0.3) is 0 Å². The molecule has 2 heterocycles. The molecule has 2 saturated heterocycles. The van der Waals surface area contributed by atoms with Crippen molar-refractivity contribution in [2.24, 2.45) is 22.7 Å². The normalized spacial score (nSPS) is 38.3. The number of carbonyl (C=O) groups is 1. The van der Waals surface area contributed by atoms with E-state index >= 15 is 0 Å². The molecular formula is C20H33NO4S2. The number of hydrogen-bond acceptors (Lipinski definition) is 5. The molecule has 0 aromatic rings. The van der Waals surface area contributed by atoms with Crippen molar-refractivity contribution in [3.05, 3.63) is 0 Å². The van der Waals surface area contributed by atoms with Crippen molar-refractivity contribution in [1.82, 2.24) is 4.31 Å². The van der Waals surface area contributed by atoms with Gasteiger partial charge in [-0.1, -0.05) is 13.8 Å². The fraction of sp³-hybridized carbons (Fsp3) is 0.950. The van der Waals surface area contributed by atoms with Gasteiger partial charge in [-0.05, 0) is 55.1 Å². The Hall–Kier alpha value is -0.110. The fourth-order valence-corrected chi connectivity index (χ4v) is 9.55. The smallest absolute Gasteiger partial charge is 0.215 e. The van der Waals surface area contributed by atoms with Crippen molar-refractivity contribution in [3.8, 4) is 0 Å². The highest BCUT2D eigenvalue weighted by Gasteiger charge is 2.65. The first-order valence-corrected chi connectivity index (χ1v) is 13.1. The third-order valence-electron chi connectivity index (χ3n) is 7.88. The predicted molar refractivity (Wildman–Crippen MR) is 108 cm³/mol. The largest absolute Gasteiger partial charge is 0.381 e. The molecule has 0 spiro atoms. The highest BCUT2D eigenvalue weighted by Crippen LogP contribution is 2.64. The number of Topliss-reactive ketones (excluding diaryl/α,β-unsaturated/α-hetero) is 1. The molecule has 154 valence electrons. The Balaban J connectivity index is 1.56. The first-order valence-electron chi connectivity index (χ1n) is 10.4. The first kappa shape index (κ1) is 20.2. The van der Waals surface area contributed by atoms with Gasteiger partial charge in [0.2, 0.25) is 10.0 Å². The number of rotatable bonds is 7. The minimum Gasteiger partial charge on any atom is -0.381 e. The summed E-state index contributed by atoms with van der Waals surface area (Å²) in [6.07, 6.45) is 5.49. The number of sulfonamides is 1. The molecule has 0 amide bonds. The highest BCUT2D eigenvalue weighted by molar-refractivity contribution is 8.00. The average Bonchev–Trinajstić information content (AvgIpc) is 3.35. The van der Waals surface area contributed by atoms with Crippen LogP contribution in [0.2, 0.25) is 0 Å². The van der Waals surface area contributed by atoms with Gasteiger partial charge in [-0.3, -0.25) is 4.79 Å². The van der Waals surface area contributed by atoms with Crippen LogP contribution in [0.25, 0.3) is 0 Å². The molecule has 5 nitrogen and oxygen atoms in total. The molecule has 2 aliphatic heterocycles. The lowest BCUT2D eigenvalue weighted by molar-refractivity contribution is -0.128. The second kappa shape index (κ2) is 7.29. The van der Waals surface area contributed by atoms with E-state index in [2.05, 4.69) is 13.8 Å². The minimum absolute atomic E-state index is 0.00724. The Morgan fingerprint density at radius 2 is 2.04 bits per heavy atom. The molecule has 2 bridgehead atoms. The Morgan fingerprint density at radius 3 is 2.59 bits per heavy atom. The quantitative estimate of drug-likeness (QED) is 0.640. The van der Waals surface area contributed by atoms with E-state index < -0.39 is 15.4 Å². The summed E-state index contributed by atoms with van der Waals surface area (Å²) in [6, 6.07) is 0. The summed E-state index contributed by atoms with van der Waals surface area (Å²) >= 11 is 1.90. The maximum absolute atomic E-state index is 13.6. The lowest BCUT2D eigenvalue weighted by atomic mass is 9.70. The Kier molecular flexibility index (Phi) is 5.45. The molecule has 0 radical (unpaired) electrons. The van der Waals surface area contributed by atoms with Gasteiger partial charge in [-0.15, -0.1) is 0 Å². The first-order chi connectivity index (χ1) is 12.7. The summed E-state index contributed by atoms with van der Waals surface area (Å²) in [4.78, 5) is 12.9. The summed E-state index contributed by atoms with van der Waals surface area (Å²) in [5.41, 5.74) is -0.884. The molecule has 4 rings (SSSR count). The van der Waals surface area contributed by atoms with Crippen molar-refractivity contribution >= 4 is 27.6 Å². The number of nitrogens with zero attached hydrogens (tertiary/aromatic N) is 1. The Morgan fingerprint density at radius 1 is 1.22 bits per heavy atom. The molecular weight excluding hydrogens is 382 g/mol. The summed E-state index contributed by atoms with van der Waals surface area (Å²) in [5, 5.41) is 0.392. The van der Waals surface area contributed by atoms with Crippen LogP contribution in [0.4, 0.5) is 0 Å². The van der Waals surface area contributed by atoms with Gasteiger partial charge in [0.1, 0.15) is 5.78 Å². The number of hydrogen-bond donors (Lipinski definition) is 0. The van der Waals surface area contributed by atoms with Crippen LogP contribution in [0.3, 0.4) is 0 Å². The SMILES string of the molecule is CC1(C)C2CCC1(CS(=O)(=O)N(CC1CCOC1)CC1CCCS1)C(=O)C2. The van der Waals surface area contributed by atoms with Gasteiger partial charge < -0.3 is 4.74 Å². The van der Waals surface area contributed by atoms with Crippen molar-refractivity contribution in [2.45, 2.75) is 57.6 Å². The lowest BCUT2D eigenvalue weighted by Gasteiger charge is -2.38. The third-order valence-corrected chi connectivity index (χ3v) is 11.2. The van der Waals surface area contributed by atoms with E-state index in [0.29, 0.717) is 37.3 Å². The van der Waals surface area contributed by atoms with Gasteiger partial charge >= 0.3 is 0 Å². The molecule has 2 saturated carbocycles. The van der Waals surface area contributed by atoms with Crippen LogP contribution in [-0.4, -0.2) is 61.6 Å². The molecule has 4 aliphatic rings. The molecule has 4 atom stereocenters. The van der Waals surface area contributed by atoms with E-state index in [1.807, 2.05) is 11.8 Å². The Labute approximate surface area is 168 Å². The molecule has 4 unspecified atom stereocenters. The Bertz CT molecular complexity index is 662. The zero-order chi connectivity index (χ0) is 19.3. The molecule has 0 aromatic heterocycles. The van der Waals surface area contributed by atoms with Crippen molar-refractivity contribution in [3.63, 3.8) is 0 Å². The molecule has 27 heavy (non-hydrogen) atoms. The van der Waals surface area contributed by atoms with Crippen molar-refractivity contribution < 1.29 is 17.9 Å². The van der Waals surface area contributed by atoms with Crippen LogP contribution in [0, 0.1) is 22.7 Å². The van der Waals surface area contributed by atoms with E-state index in [1.54, 1.807) is 4.31 Å².